The van der Waals surface area contributed by atoms with Crippen LogP contribution in [0.3, 0.4) is 0 Å². The standard InChI is InChI=1S/C24H27NO9/c1-5-25(4)17-16-20(30)15-14(18(28)13-10(23(15,3)33)7-6-8-11(13)27)22(32)24(16,34)21(31)12(9(2)26)19(17)29/h6-8,15-17,20,27,29-30,32-34H,5H2,1-4H3/t15?,16?,17-,20?,23?,24+/m0/s1. The van der Waals surface area contributed by atoms with Crippen molar-refractivity contribution in [1.29, 1.82) is 0 Å². The molecule has 0 heterocycles. The molecule has 4 rings (SSSR count). The highest BCUT2D eigenvalue weighted by Gasteiger charge is 2.69. The van der Waals surface area contributed by atoms with Crippen LogP contribution in [0.25, 0.3) is 0 Å². The maximum Gasteiger partial charge on any atom is 0.209 e. The first-order valence-corrected chi connectivity index (χ1v) is 10.9. The summed E-state index contributed by atoms with van der Waals surface area (Å²) >= 11 is 0. The number of hydrogen-bond donors (Lipinski definition) is 6. The molecule has 0 spiro atoms. The van der Waals surface area contributed by atoms with Crippen LogP contribution in [0.5, 0.6) is 5.75 Å². The van der Waals surface area contributed by atoms with Gasteiger partial charge in [0, 0.05) is 0 Å². The van der Waals surface area contributed by atoms with E-state index in [-0.39, 0.29) is 17.7 Å². The summed E-state index contributed by atoms with van der Waals surface area (Å²) in [7, 11) is 1.52. The largest absolute Gasteiger partial charge is 0.510 e. The van der Waals surface area contributed by atoms with Crippen LogP contribution in [0.1, 0.15) is 36.7 Å². The highest BCUT2D eigenvalue weighted by Crippen LogP contribution is 2.56. The molecule has 0 saturated heterocycles. The van der Waals surface area contributed by atoms with Crippen molar-refractivity contribution in [2.24, 2.45) is 11.8 Å². The zero-order chi connectivity index (χ0) is 25.5. The van der Waals surface area contributed by atoms with Crippen molar-refractivity contribution in [2.45, 2.75) is 44.1 Å². The zero-order valence-corrected chi connectivity index (χ0v) is 19.1. The van der Waals surface area contributed by atoms with Gasteiger partial charge in [-0.15, -0.1) is 0 Å². The van der Waals surface area contributed by atoms with Crippen molar-refractivity contribution >= 4 is 17.3 Å². The molecule has 1 aromatic carbocycles. The van der Waals surface area contributed by atoms with E-state index in [2.05, 4.69) is 0 Å². The van der Waals surface area contributed by atoms with Gasteiger partial charge in [0.25, 0.3) is 0 Å². The van der Waals surface area contributed by atoms with Gasteiger partial charge in [0.2, 0.25) is 5.78 Å². The minimum absolute atomic E-state index is 0.00439. The predicted molar refractivity (Wildman–Crippen MR) is 117 cm³/mol. The first kappa shape index (κ1) is 24.1. The SMILES string of the molecule is CCN(C)[C@@H]1C(O)=C(C(C)=O)C(=O)[C@@]2(O)C(O)=C3C(=O)c4c(O)cccc4C(C)(O)C3C(O)C12. The first-order valence-electron chi connectivity index (χ1n) is 10.9. The lowest BCUT2D eigenvalue weighted by atomic mass is 9.54. The zero-order valence-electron chi connectivity index (χ0n) is 19.1. The van der Waals surface area contributed by atoms with Gasteiger partial charge in [0.05, 0.1) is 40.7 Å². The van der Waals surface area contributed by atoms with Crippen LogP contribution in [0.4, 0.5) is 0 Å². The number of ketones is 3. The van der Waals surface area contributed by atoms with E-state index in [0.717, 1.165) is 6.92 Å². The third-order valence-corrected chi connectivity index (χ3v) is 7.56. The second-order valence-electron chi connectivity index (χ2n) is 9.36. The van der Waals surface area contributed by atoms with Crippen LogP contribution in [0.15, 0.2) is 40.9 Å². The van der Waals surface area contributed by atoms with Gasteiger partial charge in [-0.1, -0.05) is 19.1 Å². The van der Waals surface area contributed by atoms with E-state index < -0.39 is 80.9 Å². The van der Waals surface area contributed by atoms with Crippen LogP contribution in [0, 0.1) is 11.8 Å². The van der Waals surface area contributed by atoms with Gasteiger partial charge in [-0.05, 0) is 39.1 Å². The number of benzene rings is 1. The van der Waals surface area contributed by atoms with E-state index in [0.29, 0.717) is 0 Å². The molecule has 6 N–H and O–H groups in total. The van der Waals surface area contributed by atoms with E-state index in [1.54, 1.807) is 6.92 Å². The Morgan fingerprint density at radius 1 is 1.15 bits per heavy atom. The van der Waals surface area contributed by atoms with Gasteiger partial charge in [-0.25, -0.2) is 0 Å². The smallest absolute Gasteiger partial charge is 0.209 e. The summed E-state index contributed by atoms with van der Waals surface area (Å²) in [5.74, 6) is -8.67. The molecule has 182 valence electrons. The number of fused-ring (bicyclic) bond motifs is 3. The fraction of sp³-hybridized carbons (Fsp3) is 0.458. The van der Waals surface area contributed by atoms with E-state index in [4.69, 9.17) is 0 Å². The van der Waals surface area contributed by atoms with Crippen LogP contribution < -0.4 is 0 Å². The molecule has 6 atom stereocenters. The molecule has 4 unspecified atom stereocenters. The van der Waals surface area contributed by atoms with E-state index >= 15 is 0 Å². The summed E-state index contributed by atoms with van der Waals surface area (Å²) in [6.07, 6.45) is -1.83. The van der Waals surface area contributed by atoms with E-state index in [1.807, 2.05) is 0 Å². The molecule has 3 aliphatic rings. The second kappa shape index (κ2) is 7.47. The second-order valence-corrected chi connectivity index (χ2v) is 9.36. The van der Waals surface area contributed by atoms with Crippen molar-refractivity contribution in [3.63, 3.8) is 0 Å². The number of carbonyl (C=O) groups is 3. The molecular weight excluding hydrogens is 446 g/mol. The fourth-order valence-electron chi connectivity index (χ4n) is 5.82. The predicted octanol–water partition coefficient (Wildman–Crippen LogP) is 0.250. The molecule has 0 bridgehead atoms. The van der Waals surface area contributed by atoms with Crippen molar-refractivity contribution in [1.82, 2.24) is 4.90 Å². The van der Waals surface area contributed by atoms with Gasteiger partial charge >= 0.3 is 0 Å². The quantitative estimate of drug-likeness (QED) is 0.334. The number of Topliss-reactive ketones (excluding diaryl/α,β-unsaturated/α-hetero) is 3. The van der Waals surface area contributed by atoms with Crippen LogP contribution in [-0.2, 0) is 15.2 Å². The number of hydrogen-bond acceptors (Lipinski definition) is 10. The Kier molecular flexibility index (Phi) is 5.30. The monoisotopic (exact) mass is 473 g/mol. The molecule has 1 aromatic rings. The summed E-state index contributed by atoms with van der Waals surface area (Å²) in [5.41, 5.74) is -6.70. The number of aliphatic hydroxyl groups excluding tert-OH is 3. The van der Waals surface area contributed by atoms with Crippen LogP contribution in [-0.4, -0.2) is 84.2 Å². The van der Waals surface area contributed by atoms with Gasteiger partial charge in [-0.2, -0.15) is 0 Å². The number of carbonyl (C=O) groups excluding carboxylic acids is 3. The molecule has 3 aliphatic carbocycles. The first-order chi connectivity index (χ1) is 15.7. The lowest BCUT2D eigenvalue weighted by molar-refractivity contribution is -0.174. The molecule has 0 saturated carbocycles. The Hall–Kier alpha value is -3.05. The lowest BCUT2D eigenvalue weighted by Crippen LogP contribution is -2.70. The summed E-state index contributed by atoms with van der Waals surface area (Å²) in [4.78, 5) is 40.5. The molecule has 34 heavy (non-hydrogen) atoms. The molecule has 10 nitrogen and oxygen atoms in total. The number of aliphatic hydroxyl groups is 5. The molecule has 0 aromatic heterocycles. The van der Waals surface area contributed by atoms with Crippen molar-refractivity contribution < 1.29 is 45.0 Å². The fourth-order valence-corrected chi connectivity index (χ4v) is 5.82. The molecular formula is C24H27NO9. The van der Waals surface area contributed by atoms with Gasteiger partial charge in [0.1, 0.15) is 22.8 Å². The van der Waals surface area contributed by atoms with Crippen LogP contribution in [0.2, 0.25) is 0 Å². The Morgan fingerprint density at radius 2 is 1.76 bits per heavy atom. The summed E-state index contributed by atoms with van der Waals surface area (Å²) in [6.45, 7) is 4.24. The van der Waals surface area contributed by atoms with Crippen molar-refractivity contribution in [2.75, 3.05) is 13.6 Å². The summed E-state index contributed by atoms with van der Waals surface area (Å²) in [5, 5.41) is 67.2. The maximum absolute atomic E-state index is 13.4. The molecule has 0 aliphatic heterocycles. The highest BCUT2D eigenvalue weighted by molar-refractivity contribution is 6.25. The maximum atomic E-state index is 13.4. The molecule has 0 amide bonds. The van der Waals surface area contributed by atoms with Gasteiger partial charge < -0.3 is 30.6 Å². The molecule has 0 radical (unpaired) electrons. The number of likely N-dealkylation sites (N-methyl/N-ethyl adjacent to an activating group) is 1. The number of phenolic OH excluding ortho intramolecular Hbond substituents is 1. The van der Waals surface area contributed by atoms with Crippen molar-refractivity contribution in [3.8, 4) is 5.75 Å². The lowest BCUT2D eigenvalue weighted by Gasteiger charge is -2.55. The van der Waals surface area contributed by atoms with Gasteiger partial charge in [0.15, 0.2) is 17.2 Å². The van der Waals surface area contributed by atoms with E-state index in [1.165, 1.54) is 37.1 Å². The molecule has 0 fully saturated rings. The average molecular weight is 473 g/mol. The highest BCUT2D eigenvalue weighted by atomic mass is 16.4. The van der Waals surface area contributed by atoms with Gasteiger partial charge in [-0.3, -0.25) is 19.3 Å². The van der Waals surface area contributed by atoms with Crippen LogP contribution >= 0.6 is 0 Å². The Morgan fingerprint density at radius 3 is 2.32 bits per heavy atom. The average Bonchev–Trinajstić information content (AvgIpc) is 2.75. The normalized spacial score (nSPS) is 35.3. The number of nitrogens with zero attached hydrogens (tertiary/aromatic N) is 1. The molecule has 10 heteroatoms. The third-order valence-electron chi connectivity index (χ3n) is 7.56. The number of aromatic hydroxyl groups is 1. The Labute approximate surface area is 195 Å². The number of phenols is 1. The topological polar surface area (TPSA) is 176 Å². The minimum Gasteiger partial charge on any atom is -0.510 e. The Balaban J connectivity index is 2.10. The minimum atomic E-state index is -2.94. The Bertz CT molecular complexity index is 1200. The number of rotatable bonds is 3. The van der Waals surface area contributed by atoms with Crippen molar-refractivity contribution in [3.05, 3.63) is 52.0 Å². The summed E-state index contributed by atoms with van der Waals surface area (Å²) < 4.78 is 0. The summed E-state index contributed by atoms with van der Waals surface area (Å²) in [6, 6.07) is 2.69. The third kappa shape index (κ3) is 2.73. The van der Waals surface area contributed by atoms with E-state index in [9.17, 15) is 45.0 Å².